The van der Waals surface area contributed by atoms with Crippen molar-refractivity contribution in [1.82, 2.24) is 25.0 Å². The minimum atomic E-state index is -5.12. The van der Waals surface area contributed by atoms with Gasteiger partial charge in [0.1, 0.15) is 0 Å². The van der Waals surface area contributed by atoms with Crippen LogP contribution in [0.4, 0.5) is 34.9 Å². The highest BCUT2D eigenvalue weighted by atomic mass is 35.5. The third-order valence-electron chi connectivity index (χ3n) is 4.01. The SMILES string of the molecule is Cc1cc(F)c(N)nc1N=C(C(=CN)C(=O)Nc1cnc(-n2nccn2)c(Cl)c1)C(F)(F)F. The van der Waals surface area contributed by atoms with Crippen LogP contribution in [0.2, 0.25) is 5.02 Å². The Balaban J connectivity index is 1.94. The van der Waals surface area contributed by atoms with E-state index in [9.17, 15) is 22.4 Å². The van der Waals surface area contributed by atoms with Gasteiger partial charge in [-0.2, -0.15) is 23.4 Å². The molecule has 3 heterocycles. The van der Waals surface area contributed by atoms with E-state index in [-0.39, 0.29) is 22.1 Å². The van der Waals surface area contributed by atoms with E-state index in [0.29, 0.717) is 6.20 Å². The maximum atomic E-state index is 13.7. The Morgan fingerprint density at radius 3 is 2.52 bits per heavy atom. The standard InChI is InChI=1S/C18H14ClF4N9O/c1-8-4-12(20)14(25)31-15(8)30-13(18(21,22)23)10(6-24)17(33)29-9-5-11(19)16(26-7-9)32-27-2-3-28-32/h2-7H,24H2,1H3,(H2,25,31)(H,29,33). The number of pyridine rings is 2. The Bertz CT molecular complexity index is 1260. The summed E-state index contributed by atoms with van der Waals surface area (Å²) in [6.07, 6.45) is -0.787. The lowest BCUT2D eigenvalue weighted by molar-refractivity contribution is -0.113. The van der Waals surface area contributed by atoms with Gasteiger partial charge in [-0.3, -0.25) is 4.79 Å². The molecule has 0 saturated carbocycles. The van der Waals surface area contributed by atoms with Crippen LogP contribution in [0, 0.1) is 12.7 Å². The van der Waals surface area contributed by atoms with Crippen molar-refractivity contribution in [2.45, 2.75) is 13.1 Å². The first-order valence-electron chi connectivity index (χ1n) is 8.85. The molecule has 0 aliphatic heterocycles. The number of carbonyl (C=O) groups is 1. The van der Waals surface area contributed by atoms with E-state index >= 15 is 0 Å². The molecule has 3 aromatic rings. The number of nitrogens with one attached hydrogen (secondary N) is 1. The molecular weight excluding hydrogens is 470 g/mol. The molecule has 0 aliphatic carbocycles. The molecule has 0 saturated heterocycles. The minimum absolute atomic E-state index is 0.00796. The van der Waals surface area contributed by atoms with Crippen LogP contribution < -0.4 is 16.8 Å². The zero-order valence-corrected chi connectivity index (χ0v) is 17.4. The second-order valence-corrected chi connectivity index (χ2v) is 6.74. The Morgan fingerprint density at radius 1 is 1.27 bits per heavy atom. The van der Waals surface area contributed by atoms with Crippen molar-refractivity contribution in [3.63, 3.8) is 0 Å². The van der Waals surface area contributed by atoms with Gasteiger partial charge in [-0.05, 0) is 24.6 Å². The first-order valence-corrected chi connectivity index (χ1v) is 9.23. The summed E-state index contributed by atoms with van der Waals surface area (Å²) in [5.74, 6) is -3.25. The molecule has 0 aromatic carbocycles. The van der Waals surface area contributed by atoms with Gasteiger partial charge >= 0.3 is 6.18 Å². The molecule has 33 heavy (non-hydrogen) atoms. The molecule has 0 spiro atoms. The van der Waals surface area contributed by atoms with Crippen LogP contribution in [0.3, 0.4) is 0 Å². The third kappa shape index (κ3) is 5.23. The Labute approximate surface area is 188 Å². The van der Waals surface area contributed by atoms with Crippen molar-refractivity contribution < 1.29 is 22.4 Å². The first kappa shape index (κ1) is 23.6. The quantitative estimate of drug-likeness (QED) is 0.287. The number of anilines is 2. The van der Waals surface area contributed by atoms with E-state index in [1.165, 1.54) is 25.4 Å². The number of nitrogen functional groups attached to an aromatic ring is 1. The monoisotopic (exact) mass is 483 g/mol. The number of nitrogens with two attached hydrogens (primary N) is 2. The van der Waals surface area contributed by atoms with Gasteiger partial charge in [0, 0.05) is 6.20 Å². The largest absolute Gasteiger partial charge is 0.434 e. The molecule has 0 radical (unpaired) electrons. The smallest absolute Gasteiger partial charge is 0.404 e. The third-order valence-corrected chi connectivity index (χ3v) is 4.29. The highest BCUT2D eigenvalue weighted by Gasteiger charge is 2.41. The minimum Gasteiger partial charge on any atom is -0.404 e. The van der Waals surface area contributed by atoms with E-state index in [1.807, 2.05) is 0 Å². The average Bonchev–Trinajstić information content (AvgIpc) is 3.25. The fourth-order valence-corrected chi connectivity index (χ4v) is 2.75. The number of aryl methyl sites for hydroxylation is 1. The molecule has 5 N–H and O–H groups in total. The van der Waals surface area contributed by atoms with Crippen LogP contribution >= 0.6 is 11.6 Å². The molecule has 3 rings (SSSR count). The Kier molecular flexibility index (Phi) is 6.57. The highest BCUT2D eigenvalue weighted by molar-refractivity contribution is 6.32. The molecular formula is C18H14ClF4N9O. The lowest BCUT2D eigenvalue weighted by Crippen LogP contribution is -2.32. The van der Waals surface area contributed by atoms with Gasteiger partial charge in [0.05, 0.1) is 34.9 Å². The highest BCUT2D eigenvalue weighted by Crippen LogP contribution is 2.29. The zero-order chi connectivity index (χ0) is 24.3. The van der Waals surface area contributed by atoms with Gasteiger partial charge in [-0.15, -0.1) is 4.80 Å². The van der Waals surface area contributed by atoms with Crippen molar-refractivity contribution in [1.29, 1.82) is 0 Å². The number of aliphatic imine (C=N–C) groups is 1. The number of aromatic nitrogens is 5. The molecule has 10 nitrogen and oxygen atoms in total. The molecule has 0 bridgehead atoms. The van der Waals surface area contributed by atoms with Crippen molar-refractivity contribution in [2.75, 3.05) is 11.1 Å². The Hall–Kier alpha value is -4.07. The number of carbonyl (C=O) groups excluding carboxylic acids is 1. The normalized spacial score (nSPS) is 12.7. The fourth-order valence-electron chi connectivity index (χ4n) is 2.51. The summed E-state index contributed by atoms with van der Waals surface area (Å²) < 4.78 is 54.7. The van der Waals surface area contributed by atoms with Gasteiger partial charge in [-0.1, -0.05) is 11.6 Å². The summed E-state index contributed by atoms with van der Waals surface area (Å²) in [5.41, 5.74) is 7.86. The maximum absolute atomic E-state index is 13.7. The van der Waals surface area contributed by atoms with Crippen LogP contribution in [0.15, 0.2) is 47.5 Å². The predicted molar refractivity (Wildman–Crippen MR) is 112 cm³/mol. The summed E-state index contributed by atoms with van der Waals surface area (Å²) in [6.45, 7) is 1.28. The van der Waals surface area contributed by atoms with Crippen molar-refractivity contribution in [2.24, 2.45) is 10.7 Å². The number of hydrogen-bond acceptors (Lipinski definition) is 8. The van der Waals surface area contributed by atoms with Crippen LogP contribution in [0.25, 0.3) is 5.82 Å². The van der Waals surface area contributed by atoms with E-state index in [1.54, 1.807) is 0 Å². The van der Waals surface area contributed by atoms with E-state index in [4.69, 9.17) is 23.1 Å². The zero-order valence-electron chi connectivity index (χ0n) is 16.6. The second kappa shape index (κ2) is 9.20. The molecule has 172 valence electrons. The van der Waals surface area contributed by atoms with Gasteiger partial charge in [0.25, 0.3) is 5.91 Å². The van der Waals surface area contributed by atoms with Gasteiger partial charge in [0.15, 0.2) is 29.0 Å². The van der Waals surface area contributed by atoms with Crippen LogP contribution in [0.1, 0.15) is 5.56 Å². The van der Waals surface area contributed by atoms with Crippen LogP contribution in [-0.2, 0) is 4.79 Å². The summed E-state index contributed by atoms with van der Waals surface area (Å²) in [5, 5.41) is 9.93. The van der Waals surface area contributed by atoms with Crippen molar-refractivity contribution in [3.8, 4) is 5.82 Å². The number of rotatable bonds is 5. The number of halogens is 5. The van der Waals surface area contributed by atoms with E-state index in [2.05, 4.69) is 30.5 Å². The molecule has 0 unspecified atom stereocenters. The van der Waals surface area contributed by atoms with Crippen LogP contribution in [-0.4, -0.2) is 42.8 Å². The van der Waals surface area contributed by atoms with Crippen molar-refractivity contribution in [3.05, 3.63) is 58.9 Å². The van der Waals surface area contributed by atoms with E-state index < -0.39 is 40.8 Å². The molecule has 3 aromatic heterocycles. The lowest BCUT2D eigenvalue weighted by atomic mass is 10.1. The van der Waals surface area contributed by atoms with Crippen LogP contribution in [0.5, 0.6) is 0 Å². The number of alkyl halides is 3. The first-order chi connectivity index (χ1) is 15.5. The topological polar surface area (TPSA) is 150 Å². The van der Waals surface area contributed by atoms with Gasteiger partial charge < -0.3 is 16.8 Å². The summed E-state index contributed by atoms with van der Waals surface area (Å²) in [7, 11) is 0. The summed E-state index contributed by atoms with van der Waals surface area (Å²) in [6, 6.07) is 2.10. The molecule has 0 fully saturated rings. The molecule has 0 atom stereocenters. The number of amides is 1. The predicted octanol–water partition coefficient (Wildman–Crippen LogP) is 2.86. The molecule has 15 heteroatoms. The number of nitrogens with zero attached hydrogens (tertiary/aromatic N) is 6. The molecule has 1 amide bonds. The second-order valence-electron chi connectivity index (χ2n) is 6.34. The maximum Gasteiger partial charge on any atom is 0.434 e. The van der Waals surface area contributed by atoms with E-state index in [0.717, 1.165) is 17.1 Å². The lowest BCUT2D eigenvalue weighted by Gasteiger charge is -2.15. The molecule has 0 aliphatic rings. The summed E-state index contributed by atoms with van der Waals surface area (Å²) in [4.78, 5) is 24.6. The Morgan fingerprint density at radius 2 is 1.94 bits per heavy atom. The fraction of sp³-hybridized carbons (Fsp3) is 0.111. The summed E-state index contributed by atoms with van der Waals surface area (Å²) >= 11 is 6.10. The van der Waals surface area contributed by atoms with Gasteiger partial charge in [-0.25, -0.2) is 19.4 Å². The number of hydrogen-bond donors (Lipinski definition) is 3. The van der Waals surface area contributed by atoms with Gasteiger partial charge in [0.2, 0.25) is 0 Å². The average molecular weight is 484 g/mol. The van der Waals surface area contributed by atoms with Crippen molar-refractivity contribution >= 4 is 40.5 Å².